The summed E-state index contributed by atoms with van der Waals surface area (Å²) in [4.78, 5) is 25.6. The van der Waals surface area contributed by atoms with Gasteiger partial charge in [0.25, 0.3) is 0 Å². The topological polar surface area (TPSA) is 49.4 Å². The molecule has 1 fully saturated rings. The van der Waals surface area contributed by atoms with Crippen LogP contribution in [0.3, 0.4) is 0 Å². The molecule has 1 aromatic rings. The fourth-order valence-electron chi connectivity index (χ4n) is 2.79. The SMILES string of the molecule is CC(=O)N(CC(=O)Nc1ccc(Br)c(C)c1)C1CCCC1. The number of carbonyl (C=O) groups excluding carboxylic acids is 2. The Morgan fingerprint density at radius 2 is 2.00 bits per heavy atom. The van der Waals surface area contributed by atoms with E-state index in [0.717, 1.165) is 41.4 Å². The highest BCUT2D eigenvalue weighted by atomic mass is 79.9. The molecule has 114 valence electrons. The number of hydrogen-bond acceptors (Lipinski definition) is 2. The first-order chi connectivity index (χ1) is 9.97. The Morgan fingerprint density at radius 3 is 2.57 bits per heavy atom. The number of carbonyl (C=O) groups is 2. The van der Waals surface area contributed by atoms with E-state index in [0.29, 0.717) is 0 Å². The largest absolute Gasteiger partial charge is 0.331 e. The summed E-state index contributed by atoms with van der Waals surface area (Å²) in [6.45, 7) is 3.64. The highest BCUT2D eigenvalue weighted by Crippen LogP contribution is 2.24. The van der Waals surface area contributed by atoms with E-state index in [4.69, 9.17) is 0 Å². The minimum absolute atomic E-state index is 0.0240. The van der Waals surface area contributed by atoms with Gasteiger partial charge in [-0.1, -0.05) is 28.8 Å². The van der Waals surface area contributed by atoms with Gasteiger partial charge in [0, 0.05) is 23.1 Å². The molecule has 0 saturated heterocycles. The van der Waals surface area contributed by atoms with Gasteiger partial charge < -0.3 is 10.2 Å². The third-order valence-electron chi connectivity index (χ3n) is 3.93. The molecule has 1 aliphatic carbocycles. The number of anilines is 1. The van der Waals surface area contributed by atoms with Crippen LogP contribution >= 0.6 is 15.9 Å². The zero-order chi connectivity index (χ0) is 15.4. The van der Waals surface area contributed by atoms with Gasteiger partial charge in [-0.15, -0.1) is 0 Å². The van der Waals surface area contributed by atoms with Gasteiger partial charge in [-0.05, 0) is 43.5 Å². The molecule has 5 heteroatoms. The summed E-state index contributed by atoms with van der Waals surface area (Å²) in [6.07, 6.45) is 4.29. The molecular formula is C16H21BrN2O2. The van der Waals surface area contributed by atoms with Crippen LogP contribution < -0.4 is 5.32 Å². The van der Waals surface area contributed by atoms with Gasteiger partial charge >= 0.3 is 0 Å². The summed E-state index contributed by atoms with van der Waals surface area (Å²) in [5.41, 5.74) is 1.82. The first kappa shape index (κ1) is 16.0. The number of nitrogens with zero attached hydrogens (tertiary/aromatic N) is 1. The molecule has 0 unspecified atom stereocenters. The first-order valence-corrected chi connectivity index (χ1v) is 8.10. The van der Waals surface area contributed by atoms with Crippen LogP contribution in [0.2, 0.25) is 0 Å². The molecule has 1 saturated carbocycles. The van der Waals surface area contributed by atoms with Crippen LogP contribution in [0.15, 0.2) is 22.7 Å². The fraction of sp³-hybridized carbons (Fsp3) is 0.500. The van der Waals surface area contributed by atoms with Gasteiger partial charge in [0.2, 0.25) is 11.8 Å². The third-order valence-corrected chi connectivity index (χ3v) is 4.82. The molecule has 1 N–H and O–H groups in total. The minimum Gasteiger partial charge on any atom is -0.331 e. The molecule has 0 radical (unpaired) electrons. The van der Waals surface area contributed by atoms with Crippen LogP contribution in [0, 0.1) is 6.92 Å². The van der Waals surface area contributed by atoms with Crippen LogP contribution in [0.5, 0.6) is 0 Å². The van der Waals surface area contributed by atoms with E-state index >= 15 is 0 Å². The average Bonchev–Trinajstić information content (AvgIpc) is 2.93. The Kier molecular flexibility index (Phi) is 5.39. The highest BCUT2D eigenvalue weighted by molar-refractivity contribution is 9.10. The van der Waals surface area contributed by atoms with Crippen LogP contribution in [-0.4, -0.2) is 29.3 Å². The molecule has 0 heterocycles. The second kappa shape index (κ2) is 7.07. The summed E-state index contributed by atoms with van der Waals surface area (Å²) in [6, 6.07) is 5.89. The number of rotatable bonds is 4. The Labute approximate surface area is 134 Å². The van der Waals surface area contributed by atoms with E-state index in [1.54, 1.807) is 4.90 Å². The van der Waals surface area contributed by atoms with E-state index in [9.17, 15) is 9.59 Å². The van der Waals surface area contributed by atoms with E-state index in [2.05, 4.69) is 21.2 Å². The van der Waals surface area contributed by atoms with Crippen molar-refractivity contribution in [2.45, 2.75) is 45.6 Å². The lowest BCUT2D eigenvalue weighted by Gasteiger charge is -2.27. The van der Waals surface area contributed by atoms with E-state index in [-0.39, 0.29) is 24.4 Å². The summed E-state index contributed by atoms with van der Waals surface area (Å²) in [5, 5.41) is 2.87. The quantitative estimate of drug-likeness (QED) is 0.901. The zero-order valence-corrected chi connectivity index (χ0v) is 14.1. The molecule has 0 bridgehead atoms. The van der Waals surface area contributed by atoms with Crippen molar-refractivity contribution in [2.24, 2.45) is 0 Å². The summed E-state index contributed by atoms with van der Waals surface area (Å²) >= 11 is 3.43. The van der Waals surface area contributed by atoms with Crippen molar-refractivity contribution in [1.29, 1.82) is 0 Å². The maximum Gasteiger partial charge on any atom is 0.244 e. The van der Waals surface area contributed by atoms with Crippen LogP contribution in [0.4, 0.5) is 5.69 Å². The van der Waals surface area contributed by atoms with Crippen molar-refractivity contribution in [2.75, 3.05) is 11.9 Å². The van der Waals surface area contributed by atoms with Gasteiger partial charge in [-0.3, -0.25) is 9.59 Å². The van der Waals surface area contributed by atoms with E-state index in [1.807, 2.05) is 25.1 Å². The van der Waals surface area contributed by atoms with E-state index < -0.39 is 0 Å². The van der Waals surface area contributed by atoms with Crippen molar-refractivity contribution in [3.63, 3.8) is 0 Å². The average molecular weight is 353 g/mol. The van der Waals surface area contributed by atoms with Gasteiger partial charge in [0.1, 0.15) is 6.54 Å². The zero-order valence-electron chi connectivity index (χ0n) is 12.5. The normalized spacial score (nSPS) is 15.0. The van der Waals surface area contributed by atoms with Crippen molar-refractivity contribution >= 4 is 33.4 Å². The number of nitrogens with one attached hydrogen (secondary N) is 1. The van der Waals surface area contributed by atoms with Crippen molar-refractivity contribution in [3.05, 3.63) is 28.2 Å². The Morgan fingerprint density at radius 1 is 1.33 bits per heavy atom. The highest BCUT2D eigenvalue weighted by Gasteiger charge is 2.26. The Bertz CT molecular complexity index is 539. The monoisotopic (exact) mass is 352 g/mol. The predicted molar refractivity (Wildman–Crippen MR) is 87.2 cm³/mol. The molecule has 2 amide bonds. The molecule has 21 heavy (non-hydrogen) atoms. The molecule has 4 nitrogen and oxygen atoms in total. The fourth-order valence-corrected chi connectivity index (χ4v) is 3.04. The molecule has 1 aromatic carbocycles. The van der Waals surface area contributed by atoms with Crippen molar-refractivity contribution < 1.29 is 9.59 Å². The van der Waals surface area contributed by atoms with Crippen LogP contribution in [-0.2, 0) is 9.59 Å². The second-order valence-electron chi connectivity index (χ2n) is 5.60. The number of halogens is 1. The lowest BCUT2D eigenvalue weighted by atomic mass is 10.2. The van der Waals surface area contributed by atoms with Gasteiger partial charge in [-0.25, -0.2) is 0 Å². The Balaban J connectivity index is 1.98. The summed E-state index contributed by atoms with van der Waals surface area (Å²) < 4.78 is 1.01. The van der Waals surface area contributed by atoms with Gasteiger partial charge in [0.05, 0.1) is 0 Å². The predicted octanol–water partition coefficient (Wildman–Crippen LogP) is 3.49. The smallest absolute Gasteiger partial charge is 0.244 e. The standard InChI is InChI=1S/C16H21BrN2O2/c1-11-9-13(7-8-15(11)17)18-16(21)10-19(12(2)20)14-5-3-4-6-14/h7-9,14H,3-6,10H2,1-2H3,(H,18,21). The summed E-state index contributed by atoms with van der Waals surface area (Å²) in [7, 11) is 0. The number of aryl methyl sites for hydroxylation is 1. The molecule has 0 spiro atoms. The van der Waals surface area contributed by atoms with Crippen LogP contribution in [0.1, 0.15) is 38.2 Å². The van der Waals surface area contributed by atoms with Crippen molar-refractivity contribution in [1.82, 2.24) is 4.90 Å². The molecular weight excluding hydrogens is 332 g/mol. The summed E-state index contributed by atoms with van der Waals surface area (Å²) in [5.74, 6) is -0.164. The first-order valence-electron chi connectivity index (χ1n) is 7.30. The number of benzene rings is 1. The number of hydrogen-bond donors (Lipinski definition) is 1. The van der Waals surface area contributed by atoms with Gasteiger partial charge in [-0.2, -0.15) is 0 Å². The molecule has 2 rings (SSSR count). The molecule has 0 aliphatic heterocycles. The van der Waals surface area contributed by atoms with Crippen LogP contribution in [0.25, 0.3) is 0 Å². The molecule has 0 aromatic heterocycles. The van der Waals surface area contributed by atoms with E-state index in [1.165, 1.54) is 6.92 Å². The third kappa shape index (κ3) is 4.30. The van der Waals surface area contributed by atoms with Crippen molar-refractivity contribution in [3.8, 4) is 0 Å². The number of amides is 2. The molecule has 0 atom stereocenters. The lowest BCUT2D eigenvalue weighted by molar-refractivity contribution is -0.135. The maximum absolute atomic E-state index is 12.2. The van der Waals surface area contributed by atoms with Gasteiger partial charge in [0.15, 0.2) is 0 Å². The lowest BCUT2D eigenvalue weighted by Crippen LogP contribution is -2.42. The minimum atomic E-state index is -0.140. The second-order valence-corrected chi connectivity index (χ2v) is 6.45. The molecule has 1 aliphatic rings. The maximum atomic E-state index is 12.2. The Hall–Kier alpha value is -1.36.